The molecule has 0 saturated heterocycles. The maximum Gasteiger partial charge on any atom is 0.331 e. The van der Waals surface area contributed by atoms with Crippen molar-refractivity contribution >= 4 is 56.8 Å². The van der Waals surface area contributed by atoms with Crippen molar-refractivity contribution in [1.29, 1.82) is 0 Å². The summed E-state index contributed by atoms with van der Waals surface area (Å²) in [5.74, 6) is -0.601. The van der Waals surface area contributed by atoms with Crippen LogP contribution >= 0.6 is 22.9 Å². The van der Waals surface area contributed by atoms with Gasteiger partial charge in [0.05, 0.1) is 22.3 Å². The number of halogens is 1. The smallest absolute Gasteiger partial charge is 0.331 e. The second-order valence-electron chi connectivity index (χ2n) is 5.36. The van der Waals surface area contributed by atoms with Gasteiger partial charge in [-0.15, -0.1) is 11.3 Å². The van der Waals surface area contributed by atoms with Crippen LogP contribution in [0.4, 0.5) is 5.69 Å². The Kier molecular flexibility index (Phi) is 6.05. The van der Waals surface area contributed by atoms with Crippen LogP contribution in [-0.2, 0) is 14.3 Å². The molecule has 0 aliphatic carbocycles. The van der Waals surface area contributed by atoms with E-state index in [2.05, 4.69) is 10.3 Å². The molecule has 1 aromatic heterocycles. The first-order valence-corrected chi connectivity index (χ1v) is 9.08. The number of rotatable bonds is 6. The summed E-state index contributed by atoms with van der Waals surface area (Å²) in [6, 6.07) is 12.5. The third-order valence-corrected chi connectivity index (χ3v) is 4.75. The first-order valence-electron chi connectivity index (χ1n) is 7.89. The van der Waals surface area contributed by atoms with Gasteiger partial charge in [0.1, 0.15) is 10.8 Å². The van der Waals surface area contributed by atoms with Gasteiger partial charge in [-0.25, -0.2) is 9.78 Å². The molecule has 27 heavy (non-hydrogen) atoms. The lowest BCUT2D eigenvalue weighted by Crippen LogP contribution is -2.20. The highest BCUT2D eigenvalue weighted by Crippen LogP contribution is 2.27. The molecule has 2 aromatic carbocycles. The number of para-hydroxylation sites is 1. The summed E-state index contributed by atoms with van der Waals surface area (Å²) >= 11 is 7.46. The van der Waals surface area contributed by atoms with E-state index in [0.29, 0.717) is 21.5 Å². The predicted molar refractivity (Wildman–Crippen MR) is 106 cm³/mol. The van der Waals surface area contributed by atoms with Crippen LogP contribution < -0.4 is 10.1 Å². The fourth-order valence-corrected chi connectivity index (χ4v) is 3.35. The number of carbonyl (C=O) groups is 2. The van der Waals surface area contributed by atoms with E-state index in [4.69, 9.17) is 21.1 Å². The predicted octanol–water partition coefficient (Wildman–Crippen LogP) is 4.15. The largest absolute Gasteiger partial charge is 0.495 e. The molecule has 6 nitrogen and oxygen atoms in total. The van der Waals surface area contributed by atoms with Gasteiger partial charge < -0.3 is 14.8 Å². The van der Waals surface area contributed by atoms with Crippen LogP contribution in [0, 0.1) is 0 Å². The minimum Gasteiger partial charge on any atom is -0.495 e. The van der Waals surface area contributed by atoms with Gasteiger partial charge in [-0.1, -0.05) is 23.7 Å². The molecule has 0 saturated carbocycles. The second-order valence-corrected chi connectivity index (χ2v) is 6.83. The molecule has 0 aliphatic heterocycles. The number of carbonyl (C=O) groups excluding carboxylic acids is 2. The highest BCUT2D eigenvalue weighted by Gasteiger charge is 2.08. The van der Waals surface area contributed by atoms with E-state index >= 15 is 0 Å². The van der Waals surface area contributed by atoms with E-state index in [0.717, 1.165) is 10.2 Å². The molecule has 1 heterocycles. The van der Waals surface area contributed by atoms with Crippen molar-refractivity contribution in [2.24, 2.45) is 0 Å². The van der Waals surface area contributed by atoms with Crippen LogP contribution in [0.5, 0.6) is 5.75 Å². The lowest BCUT2D eigenvalue weighted by atomic mass is 10.3. The van der Waals surface area contributed by atoms with E-state index in [1.165, 1.54) is 24.5 Å². The van der Waals surface area contributed by atoms with Gasteiger partial charge in [-0.2, -0.15) is 0 Å². The van der Waals surface area contributed by atoms with Crippen LogP contribution in [0.2, 0.25) is 5.02 Å². The Morgan fingerprint density at radius 1 is 1.26 bits per heavy atom. The second kappa shape index (κ2) is 8.66. The number of hydrogen-bond donors (Lipinski definition) is 1. The zero-order valence-electron chi connectivity index (χ0n) is 14.3. The number of nitrogens with zero attached hydrogens (tertiary/aromatic N) is 1. The van der Waals surface area contributed by atoms with E-state index in [1.807, 2.05) is 24.3 Å². The normalized spacial score (nSPS) is 10.9. The molecular weight excluding hydrogens is 388 g/mol. The minimum atomic E-state index is -0.628. The van der Waals surface area contributed by atoms with Gasteiger partial charge in [-0.05, 0) is 36.4 Å². The molecule has 0 fully saturated rings. The molecule has 8 heteroatoms. The molecule has 0 bridgehead atoms. The summed E-state index contributed by atoms with van der Waals surface area (Å²) in [5, 5.41) is 3.64. The Hall–Kier alpha value is -2.90. The molecule has 138 valence electrons. The number of benzene rings is 2. The lowest BCUT2D eigenvalue weighted by molar-refractivity contribution is -0.142. The molecule has 1 N–H and O–H groups in total. The molecule has 0 unspecified atom stereocenters. The van der Waals surface area contributed by atoms with Crippen LogP contribution in [-0.4, -0.2) is 30.6 Å². The van der Waals surface area contributed by atoms with Crippen molar-refractivity contribution in [2.75, 3.05) is 19.0 Å². The average Bonchev–Trinajstić information content (AvgIpc) is 3.08. The summed E-state index contributed by atoms with van der Waals surface area (Å²) < 4.78 is 11.0. The number of methoxy groups -OCH3 is 1. The van der Waals surface area contributed by atoms with E-state index < -0.39 is 18.5 Å². The molecule has 0 spiro atoms. The topological polar surface area (TPSA) is 77.5 Å². The number of fused-ring (bicyclic) bond motifs is 1. The van der Waals surface area contributed by atoms with Crippen LogP contribution in [0.15, 0.2) is 48.5 Å². The van der Waals surface area contributed by atoms with Crippen molar-refractivity contribution in [3.8, 4) is 5.75 Å². The number of hydrogen-bond acceptors (Lipinski definition) is 6. The SMILES string of the molecule is COc1ccc(NC(=O)COC(=O)/C=C/c2nc3ccccc3s2)cc1Cl. The van der Waals surface area contributed by atoms with Gasteiger partial charge in [0.25, 0.3) is 5.91 Å². The van der Waals surface area contributed by atoms with Crippen molar-refractivity contribution in [1.82, 2.24) is 4.98 Å². The molecular formula is C19H15ClN2O4S. The number of thiazole rings is 1. The number of aromatic nitrogens is 1. The Bertz CT molecular complexity index is 983. The number of anilines is 1. The highest BCUT2D eigenvalue weighted by atomic mass is 35.5. The third-order valence-electron chi connectivity index (χ3n) is 3.45. The first-order chi connectivity index (χ1) is 13.0. The van der Waals surface area contributed by atoms with Crippen molar-refractivity contribution in [2.45, 2.75) is 0 Å². The van der Waals surface area contributed by atoms with Gasteiger partial charge in [0, 0.05) is 11.8 Å². The Morgan fingerprint density at radius 2 is 2.07 bits per heavy atom. The van der Waals surface area contributed by atoms with Gasteiger partial charge in [0.2, 0.25) is 0 Å². The Balaban J connectivity index is 1.50. The number of esters is 1. The monoisotopic (exact) mass is 402 g/mol. The zero-order valence-corrected chi connectivity index (χ0v) is 15.8. The summed E-state index contributed by atoms with van der Waals surface area (Å²) in [5.41, 5.74) is 1.35. The average molecular weight is 403 g/mol. The highest BCUT2D eigenvalue weighted by molar-refractivity contribution is 7.19. The summed E-state index contributed by atoms with van der Waals surface area (Å²) in [4.78, 5) is 28.0. The summed E-state index contributed by atoms with van der Waals surface area (Å²) in [6.07, 6.45) is 2.81. The maximum atomic E-state index is 11.9. The maximum absolute atomic E-state index is 11.9. The standard InChI is InChI=1S/C19H15ClN2O4S/c1-25-15-7-6-12(10-13(15)20)21-17(23)11-26-19(24)9-8-18-22-14-4-2-3-5-16(14)27-18/h2-10H,11H2,1H3,(H,21,23)/b9-8+. The van der Waals surface area contributed by atoms with Crippen LogP contribution in [0.1, 0.15) is 5.01 Å². The molecule has 0 aliphatic rings. The van der Waals surface area contributed by atoms with E-state index in [-0.39, 0.29) is 0 Å². The zero-order chi connectivity index (χ0) is 19.2. The van der Waals surface area contributed by atoms with Crippen LogP contribution in [0.25, 0.3) is 16.3 Å². The van der Waals surface area contributed by atoms with Gasteiger partial charge in [0.15, 0.2) is 6.61 Å². The molecule has 0 radical (unpaired) electrons. The molecule has 1 amide bonds. The van der Waals surface area contributed by atoms with E-state index in [1.54, 1.807) is 24.3 Å². The van der Waals surface area contributed by atoms with Crippen molar-refractivity contribution < 1.29 is 19.1 Å². The van der Waals surface area contributed by atoms with Crippen molar-refractivity contribution in [3.63, 3.8) is 0 Å². The first kappa shape index (κ1) is 18.9. The number of ether oxygens (including phenoxy) is 2. The summed E-state index contributed by atoms with van der Waals surface area (Å²) in [6.45, 7) is -0.410. The Morgan fingerprint density at radius 3 is 2.81 bits per heavy atom. The van der Waals surface area contributed by atoms with Crippen LogP contribution in [0.3, 0.4) is 0 Å². The van der Waals surface area contributed by atoms with Crippen molar-refractivity contribution in [3.05, 3.63) is 58.6 Å². The summed E-state index contributed by atoms with van der Waals surface area (Å²) in [7, 11) is 1.50. The Labute approximate surface area is 164 Å². The lowest BCUT2D eigenvalue weighted by Gasteiger charge is -2.08. The molecule has 3 rings (SSSR count). The minimum absolute atomic E-state index is 0.367. The number of amides is 1. The van der Waals surface area contributed by atoms with Gasteiger partial charge in [-0.3, -0.25) is 4.79 Å². The fraction of sp³-hybridized carbons (Fsp3) is 0.105. The number of nitrogens with one attached hydrogen (secondary N) is 1. The van der Waals surface area contributed by atoms with Gasteiger partial charge >= 0.3 is 5.97 Å². The third kappa shape index (κ3) is 5.06. The van der Waals surface area contributed by atoms with E-state index in [9.17, 15) is 9.59 Å². The molecule has 3 aromatic rings. The quantitative estimate of drug-likeness (QED) is 0.495. The fourth-order valence-electron chi connectivity index (χ4n) is 2.23. The molecule has 0 atom stereocenters.